The van der Waals surface area contributed by atoms with Gasteiger partial charge in [-0.3, -0.25) is 4.79 Å². The summed E-state index contributed by atoms with van der Waals surface area (Å²) >= 11 is 1.34. The molecule has 3 aromatic rings. The zero-order chi connectivity index (χ0) is 14.8. The maximum atomic E-state index is 12.9. The lowest BCUT2D eigenvalue weighted by molar-refractivity contribution is 0.627. The van der Waals surface area contributed by atoms with Crippen LogP contribution in [0.15, 0.2) is 58.5 Å². The minimum atomic E-state index is -0.276. The predicted octanol–water partition coefficient (Wildman–Crippen LogP) is 2.54. The number of rotatable bonds is 3. The van der Waals surface area contributed by atoms with Gasteiger partial charge < -0.3 is 5.84 Å². The van der Waals surface area contributed by atoms with Crippen molar-refractivity contribution in [2.24, 2.45) is 0 Å². The van der Waals surface area contributed by atoms with Gasteiger partial charge in [0.1, 0.15) is 5.82 Å². The molecule has 4 nitrogen and oxygen atoms in total. The number of thioether (sulfide) groups is 1. The number of nitrogens with two attached hydrogens (primary N) is 1. The standard InChI is InChI=1S/C15H12FN3OS/c16-11-7-5-10(6-8-11)9-21-15-18-13-4-2-1-3-12(13)14(20)19(15)17/h1-8H,9,17H2. The lowest BCUT2D eigenvalue weighted by Gasteiger charge is -2.08. The van der Waals surface area contributed by atoms with Crippen LogP contribution in [-0.2, 0) is 5.75 Å². The van der Waals surface area contributed by atoms with Crippen molar-refractivity contribution >= 4 is 22.7 Å². The van der Waals surface area contributed by atoms with Crippen LogP contribution in [0.25, 0.3) is 10.9 Å². The molecule has 6 heteroatoms. The highest BCUT2D eigenvalue weighted by atomic mass is 32.2. The van der Waals surface area contributed by atoms with Gasteiger partial charge in [0.2, 0.25) is 0 Å². The van der Waals surface area contributed by atoms with E-state index in [1.54, 1.807) is 30.3 Å². The fraction of sp³-hybridized carbons (Fsp3) is 0.0667. The Balaban J connectivity index is 1.92. The van der Waals surface area contributed by atoms with Crippen molar-refractivity contribution in [3.8, 4) is 0 Å². The lowest BCUT2D eigenvalue weighted by atomic mass is 10.2. The van der Waals surface area contributed by atoms with E-state index in [0.717, 1.165) is 10.2 Å². The Morgan fingerprint density at radius 1 is 1.14 bits per heavy atom. The molecule has 0 radical (unpaired) electrons. The number of hydrogen-bond donors (Lipinski definition) is 1. The van der Waals surface area contributed by atoms with Crippen LogP contribution in [0.5, 0.6) is 0 Å². The van der Waals surface area contributed by atoms with Gasteiger partial charge in [-0.2, -0.15) is 0 Å². The smallest absolute Gasteiger partial charge is 0.280 e. The van der Waals surface area contributed by atoms with E-state index in [9.17, 15) is 9.18 Å². The van der Waals surface area contributed by atoms with Crippen molar-refractivity contribution in [1.29, 1.82) is 0 Å². The van der Waals surface area contributed by atoms with Crippen molar-refractivity contribution in [3.05, 3.63) is 70.3 Å². The summed E-state index contributed by atoms with van der Waals surface area (Å²) in [4.78, 5) is 16.5. The van der Waals surface area contributed by atoms with Gasteiger partial charge in [-0.1, -0.05) is 36.0 Å². The van der Waals surface area contributed by atoms with E-state index in [0.29, 0.717) is 21.8 Å². The zero-order valence-electron chi connectivity index (χ0n) is 11.0. The lowest BCUT2D eigenvalue weighted by Crippen LogP contribution is -2.29. The second-order valence-corrected chi connectivity index (χ2v) is 5.44. The molecule has 0 unspecified atom stereocenters. The number of benzene rings is 2. The fourth-order valence-corrected chi connectivity index (χ4v) is 2.83. The average Bonchev–Trinajstić information content (AvgIpc) is 2.51. The molecule has 0 saturated carbocycles. The van der Waals surface area contributed by atoms with Crippen LogP contribution in [0.3, 0.4) is 0 Å². The molecule has 0 bridgehead atoms. The number of nitrogens with zero attached hydrogens (tertiary/aromatic N) is 2. The number of aromatic nitrogens is 2. The summed E-state index contributed by atoms with van der Waals surface area (Å²) in [7, 11) is 0. The molecule has 0 atom stereocenters. The molecule has 2 N–H and O–H groups in total. The molecule has 2 aromatic carbocycles. The number of fused-ring (bicyclic) bond motifs is 1. The summed E-state index contributed by atoms with van der Waals surface area (Å²) in [6, 6.07) is 13.3. The summed E-state index contributed by atoms with van der Waals surface area (Å²) < 4.78 is 13.9. The zero-order valence-corrected chi connectivity index (χ0v) is 11.8. The third-order valence-electron chi connectivity index (χ3n) is 3.06. The first-order chi connectivity index (χ1) is 10.1. The number of hydrogen-bond acceptors (Lipinski definition) is 4. The van der Waals surface area contributed by atoms with Crippen molar-refractivity contribution in [1.82, 2.24) is 9.66 Å². The third-order valence-corrected chi connectivity index (χ3v) is 4.08. The highest BCUT2D eigenvalue weighted by Gasteiger charge is 2.09. The molecule has 0 aliphatic heterocycles. The number of nitrogen functional groups attached to an aromatic ring is 1. The summed E-state index contributed by atoms with van der Waals surface area (Å²) in [5.41, 5.74) is 1.27. The van der Waals surface area contributed by atoms with Crippen molar-refractivity contribution < 1.29 is 4.39 Å². The summed E-state index contributed by atoms with van der Waals surface area (Å²) in [6.45, 7) is 0. The molecule has 3 rings (SSSR count). The maximum Gasteiger partial charge on any atom is 0.280 e. The summed E-state index contributed by atoms with van der Waals surface area (Å²) in [5.74, 6) is 6.08. The summed E-state index contributed by atoms with van der Waals surface area (Å²) in [6.07, 6.45) is 0. The molecule has 0 amide bonds. The highest BCUT2D eigenvalue weighted by Crippen LogP contribution is 2.21. The molecular formula is C15H12FN3OS. The van der Waals surface area contributed by atoms with Gasteiger partial charge in [-0.25, -0.2) is 14.1 Å². The molecule has 0 aliphatic rings. The van der Waals surface area contributed by atoms with Crippen LogP contribution < -0.4 is 11.4 Å². The number of halogens is 1. The molecule has 1 heterocycles. The van der Waals surface area contributed by atoms with Gasteiger partial charge in [0, 0.05) is 5.75 Å². The van der Waals surface area contributed by atoms with Crippen LogP contribution in [0.1, 0.15) is 5.56 Å². The first-order valence-electron chi connectivity index (χ1n) is 6.29. The molecule has 106 valence electrons. The van der Waals surface area contributed by atoms with E-state index >= 15 is 0 Å². The van der Waals surface area contributed by atoms with Gasteiger partial charge >= 0.3 is 0 Å². The highest BCUT2D eigenvalue weighted by molar-refractivity contribution is 7.98. The Labute approximate surface area is 124 Å². The van der Waals surface area contributed by atoms with Crippen LogP contribution in [-0.4, -0.2) is 9.66 Å². The molecule has 1 aromatic heterocycles. The monoisotopic (exact) mass is 301 g/mol. The molecule has 0 fully saturated rings. The van der Waals surface area contributed by atoms with Crippen molar-refractivity contribution in [2.75, 3.05) is 5.84 Å². The average molecular weight is 301 g/mol. The molecule has 0 aliphatic carbocycles. The quantitative estimate of drug-likeness (QED) is 0.459. The predicted molar refractivity (Wildman–Crippen MR) is 82.1 cm³/mol. The Kier molecular flexibility index (Phi) is 3.62. The van der Waals surface area contributed by atoms with Gasteiger partial charge in [0.25, 0.3) is 5.56 Å². The van der Waals surface area contributed by atoms with E-state index in [2.05, 4.69) is 4.98 Å². The van der Waals surface area contributed by atoms with Gasteiger partial charge in [-0.05, 0) is 29.8 Å². The minimum Gasteiger partial charge on any atom is -0.334 e. The van der Waals surface area contributed by atoms with E-state index in [4.69, 9.17) is 5.84 Å². The number of para-hydroxylation sites is 1. The van der Waals surface area contributed by atoms with E-state index in [1.165, 1.54) is 23.9 Å². The molecule has 0 saturated heterocycles. The Morgan fingerprint density at radius 2 is 1.86 bits per heavy atom. The molecule has 21 heavy (non-hydrogen) atoms. The van der Waals surface area contributed by atoms with Crippen LogP contribution in [0.4, 0.5) is 4.39 Å². The van der Waals surface area contributed by atoms with Gasteiger partial charge in [-0.15, -0.1) is 0 Å². The third kappa shape index (κ3) is 2.75. The second kappa shape index (κ2) is 5.57. The molecule has 0 spiro atoms. The van der Waals surface area contributed by atoms with E-state index < -0.39 is 0 Å². The Morgan fingerprint density at radius 3 is 2.62 bits per heavy atom. The topological polar surface area (TPSA) is 60.9 Å². The largest absolute Gasteiger partial charge is 0.334 e. The Bertz CT molecular complexity index is 846. The van der Waals surface area contributed by atoms with Crippen LogP contribution in [0, 0.1) is 5.82 Å². The van der Waals surface area contributed by atoms with Crippen molar-refractivity contribution in [2.45, 2.75) is 10.9 Å². The fourth-order valence-electron chi connectivity index (χ4n) is 1.96. The van der Waals surface area contributed by atoms with Gasteiger partial charge in [0.05, 0.1) is 10.9 Å². The SMILES string of the molecule is Nn1c(SCc2ccc(F)cc2)nc2ccccc2c1=O. The van der Waals surface area contributed by atoms with E-state index in [1.807, 2.05) is 6.07 Å². The van der Waals surface area contributed by atoms with Crippen LogP contribution in [0.2, 0.25) is 0 Å². The maximum absolute atomic E-state index is 12.9. The van der Waals surface area contributed by atoms with Crippen LogP contribution >= 0.6 is 11.8 Å². The normalized spacial score (nSPS) is 10.9. The van der Waals surface area contributed by atoms with E-state index in [-0.39, 0.29) is 11.4 Å². The summed E-state index contributed by atoms with van der Waals surface area (Å²) in [5, 5.41) is 0.925. The van der Waals surface area contributed by atoms with Gasteiger partial charge in [0.15, 0.2) is 5.16 Å². The first-order valence-corrected chi connectivity index (χ1v) is 7.28. The first kappa shape index (κ1) is 13.6. The second-order valence-electron chi connectivity index (χ2n) is 4.50. The molecular weight excluding hydrogens is 289 g/mol. The minimum absolute atomic E-state index is 0.275. The Hall–Kier alpha value is -2.34. The van der Waals surface area contributed by atoms with Crippen molar-refractivity contribution in [3.63, 3.8) is 0 Å².